The van der Waals surface area contributed by atoms with Crippen LogP contribution in [0.4, 0.5) is 0 Å². The number of hydrogen-bond donors (Lipinski definition) is 1. The van der Waals surface area contributed by atoms with Crippen molar-refractivity contribution in [2.45, 2.75) is 13.5 Å². The van der Waals surface area contributed by atoms with E-state index in [1.165, 1.54) is 0 Å². The summed E-state index contributed by atoms with van der Waals surface area (Å²) in [5, 5.41) is 4.43. The van der Waals surface area contributed by atoms with Gasteiger partial charge in [-0.1, -0.05) is 0 Å². The fourth-order valence-electron chi connectivity index (χ4n) is 2.13. The predicted octanol–water partition coefficient (Wildman–Crippen LogP) is 1.55. The molecule has 1 aromatic carbocycles. The van der Waals surface area contributed by atoms with Crippen molar-refractivity contribution < 1.29 is 9.47 Å². The summed E-state index contributed by atoms with van der Waals surface area (Å²) >= 11 is 0. The number of nitrogens with two attached hydrogens (primary N) is 1. The van der Waals surface area contributed by atoms with Crippen LogP contribution in [0, 0.1) is 6.92 Å². The molecule has 1 aliphatic rings. The van der Waals surface area contributed by atoms with Crippen molar-refractivity contribution in [3.05, 3.63) is 30.0 Å². The third kappa shape index (κ3) is 1.82. The van der Waals surface area contributed by atoms with Gasteiger partial charge in [0.2, 0.25) is 6.79 Å². The Hall–Kier alpha value is -2.01. The molecule has 0 bridgehead atoms. The van der Waals surface area contributed by atoms with E-state index < -0.39 is 0 Å². The number of aromatic nitrogens is 2. The first kappa shape index (κ1) is 11.1. The summed E-state index contributed by atoms with van der Waals surface area (Å²) in [4.78, 5) is 0. The zero-order valence-electron chi connectivity index (χ0n) is 10.2. The standard InChI is InChI=1S/C13H15N3O2/c1-9-6-11(16(15-9)5-4-14)10-2-3-12-13(7-10)18-8-17-12/h2-3,6-7H,4-5,8,14H2,1H3. The molecule has 1 aromatic heterocycles. The number of ether oxygens (including phenoxy) is 2. The normalized spacial score (nSPS) is 13.0. The van der Waals surface area contributed by atoms with Crippen LogP contribution in [0.3, 0.4) is 0 Å². The van der Waals surface area contributed by atoms with E-state index >= 15 is 0 Å². The van der Waals surface area contributed by atoms with Crippen LogP contribution in [0.15, 0.2) is 24.3 Å². The second kappa shape index (κ2) is 4.34. The third-order valence-corrected chi connectivity index (χ3v) is 2.91. The van der Waals surface area contributed by atoms with Gasteiger partial charge in [0.1, 0.15) is 0 Å². The third-order valence-electron chi connectivity index (χ3n) is 2.91. The van der Waals surface area contributed by atoms with Crippen molar-refractivity contribution in [2.75, 3.05) is 13.3 Å². The molecule has 0 spiro atoms. The lowest BCUT2D eigenvalue weighted by Gasteiger charge is -2.06. The van der Waals surface area contributed by atoms with Gasteiger partial charge in [-0.3, -0.25) is 4.68 Å². The van der Waals surface area contributed by atoms with Crippen molar-refractivity contribution in [3.63, 3.8) is 0 Å². The fraction of sp³-hybridized carbons (Fsp3) is 0.308. The monoisotopic (exact) mass is 245 g/mol. The average molecular weight is 245 g/mol. The van der Waals surface area contributed by atoms with E-state index in [1.54, 1.807) is 0 Å². The molecule has 94 valence electrons. The van der Waals surface area contributed by atoms with Gasteiger partial charge in [0.05, 0.1) is 17.9 Å². The Kier molecular flexibility index (Phi) is 2.68. The summed E-state index contributed by atoms with van der Waals surface area (Å²) in [6.07, 6.45) is 0. The van der Waals surface area contributed by atoms with Crippen molar-refractivity contribution in [1.29, 1.82) is 0 Å². The molecular weight excluding hydrogens is 230 g/mol. The van der Waals surface area contributed by atoms with Crippen molar-refractivity contribution in [3.8, 4) is 22.8 Å². The summed E-state index contributed by atoms with van der Waals surface area (Å²) in [7, 11) is 0. The smallest absolute Gasteiger partial charge is 0.231 e. The van der Waals surface area contributed by atoms with Crippen LogP contribution in [0.5, 0.6) is 11.5 Å². The summed E-state index contributed by atoms with van der Waals surface area (Å²) in [5.74, 6) is 1.58. The molecule has 0 atom stereocenters. The van der Waals surface area contributed by atoms with Crippen LogP contribution < -0.4 is 15.2 Å². The molecule has 1 aliphatic heterocycles. The summed E-state index contributed by atoms with van der Waals surface area (Å²) < 4.78 is 12.6. The molecule has 2 N–H and O–H groups in total. The topological polar surface area (TPSA) is 62.3 Å². The first-order chi connectivity index (χ1) is 8.78. The molecule has 0 unspecified atom stereocenters. The van der Waals surface area contributed by atoms with Gasteiger partial charge in [-0.2, -0.15) is 5.10 Å². The highest BCUT2D eigenvalue weighted by molar-refractivity contribution is 5.65. The number of hydrogen-bond acceptors (Lipinski definition) is 4. The van der Waals surface area contributed by atoms with E-state index in [4.69, 9.17) is 15.2 Å². The molecule has 0 amide bonds. The average Bonchev–Trinajstić information content (AvgIpc) is 2.95. The van der Waals surface area contributed by atoms with Crippen LogP contribution in [0.2, 0.25) is 0 Å². The van der Waals surface area contributed by atoms with E-state index in [0.717, 1.165) is 28.5 Å². The Labute approximate surface area is 105 Å². The number of benzene rings is 1. The second-order valence-electron chi connectivity index (χ2n) is 4.25. The minimum atomic E-state index is 0.292. The van der Waals surface area contributed by atoms with Gasteiger partial charge in [0, 0.05) is 12.1 Å². The van der Waals surface area contributed by atoms with Crippen LogP contribution in [0.1, 0.15) is 5.69 Å². The molecular formula is C13H15N3O2. The molecule has 3 rings (SSSR count). The Balaban J connectivity index is 2.03. The number of rotatable bonds is 3. The maximum absolute atomic E-state index is 5.60. The lowest BCUT2D eigenvalue weighted by Crippen LogP contribution is -2.12. The molecule has 0 aliphatic carbocycles. The second-order valence-corrected chi connectivity index (χ2v) is 4.25. The number of aryl methyl sites for hydroxylation is 1. The van der Waals surface area contributed by atoms with E-state index in [1.807, 2.05) is 35.9 Å². The minimum absolute atomic E-state index is 0.292. The van der Waals surface area contributed by atoms with E-state index in [2.05, 4.69) is 5.10 Å². The first-order valence-corrected chi connectivity index (χ1v) is 5.92. The van der Waals surface area contributed by atoms with Gasteiger partial charge < -0.3 is 15.2 Å². The molecule has 5 heteroatoms. The Morgan fingerprint density at radius 1 is 1.28 bits per heavy atom. The van der Waals surface area contributed by atoms with Crippen molar-refractivity contribution in [2.24, 2.45) is 5.73 Å². The maximum Gasteiger partial charge on any atom is 0.231 e. The molecule has 0 radical (unpaired) electrons. The lowest BCUT2D eigenvalue weighted by molar-refractivity contribution is 0.174. The van der Waals surface area contributed by atoms with E-state index in [-0.39, 0.29) is 0 Å². The predicted molar refractivity (Wildman–Crippen MR) is 67.6 cm³/mol. The Bertz CT molecular complexity index is 578. The molecule has 18 heavy (non-hydrogen) atoms. The number of fused-ring (bicyclic) bond motifs is 1. The zero-order chi connectivity index (χ0) is 12.5. The molecule has 0 saturated carbocycles. The van der Waals surface area contributed by atoms with Gasteiger partial charge in [-0.15, -0.1) is 0 Å². The van der Waals surface area contributed by atoms with Crippen molar-refractivity contribution in [1.82, 2.24) is 9.78 Å². The largest absolute Gasteiger partial charge is 0.454 e. The van der Waals surface area contributed by atoms with Crippen LogP contribution >= 0.6 is 0 Å². The zero-order valence-corrected chi connectivity index (χ0v) is 10.2. The minimum Gasteiger partial charge on any atom is -0.454 e. The van der Waals surface area contributed by atoms with Gasteiger partial charge >= 0.3 is 0 Å². The molecule has 5 nitrogen and oxygen atoms in total. The summed E-state index contributed by atoms with van der Waals surface area (Å²) in [5.41, 5.74) is 8.70. The van der Waals surface area contributed by atoms with Crippen LogP contribution in [-0.4, -0.2) is 23.1 Å². The summed E-state index contributed by atoms with van der Waals surface area (Å²) in [6.45, 7) is 3.54. The van der Waals surface area contributed by atoms with Gasteiger partial charge in [-0.25, -0.2) is 0 Å². The van der Waals surface area contributed by atoms with Crippen LogP contribution in [-0.2, 0) is 6.54 Å². The Morgan fingerprint density at radius 2 is 2.11 bits per heavy atom. The van der Waals surface area contributed by atoms with E-state index in [0.29, 0.717) is 19.9 Å². The lowest BCUT2D eigenvalue weighted by atomic mass is 10.1. The summed E-state index contributed by atoms with van der Waals surface area (Å²) in [6, 6.07) is 7.96. The molecule has 0 fully saturated rings. The SMILES string of the molecule is Cc1cc(-c2ccc3c(c2)OCO3)n(CCN)n1. The van der Waals surface area contributed by atoms with E-state index in [9.17, 15) is 0 Å². The van der Waals surface area contributed by atoms with Gasteiger partial charge in [0.15, 0.2) is 11.5 Å². The quantitative estimate of drug-likeness (QED) is 0.891. The van der Waals surface area contributed by atoms with Crippen LogP contribution in [0.25, 0.3) is 11.3 Å². The highest BCUT2D eigenvalue weighted by Crippen LogP contribution is 2.35. The fourth-order valence-corrected chi connectivity index (χ4v) is 2.13. The van der Waals surface area contributed by atoms with Crippen molar-refractivity contribution >= 4 is 0 Å². The highest BCUT2D eigenvalue weighted by atomic mass is 16.7. The highest BCUT2D eigenvalue weighted by Gasteiger charge is 2.15. The number of nitrogens with zero attached hydrogens (tertiary/aromatic N) is 2. The molecule has 2 heterocycles. The molecule has 2 aromatic rings. The van der Waals surface area contributed by atoms with Gasteiger partial charge in [-0.05, 0) is 31.2 Å². The first-order valence-electron chi connectivity index (χ1n) is 5.92. The Morgan fingerprint density at radius 3 is 2.94 bits per heavy atom. The maximum atomic E-state index is 5.60. The van der Waals surface area contributed by atoms with Gasteiger partial charge in [0.25, 0.3) is 0 Å². The molecule has 0 saturated heterocycles.